The molecule has 0 aliphatic carbocycles. The van der Waals surface area contributed by atoms with Gasteiger partial charge >= 0.3 is 0 Å². The monoisotopic (exact) mass is 250 g/mol. The van der Waals surface area contributed by atoms with E-state index in [-0.39, 0.29) is 5.69 Å². The first-order chi connectivity index (χ1) is 8.39. The van der Waals surface area contributed by atoms with Crippen molar-refractivity contribution >= 4 is 5.91 Å². The molecule has 1 amide bonds. The number of rotatable bonds is 6. The van der Waals surface area contributed by atoms with E-state index >= 15 is 0 Å². The van der Waals surface area contributed by atoms with Crippen LogP contribution in [0.5, 0.6) is 0 Å². The predicted molar refractivity (Wildman–Crippen MR) is 65.7 cm³/mol. The van der Waals surface area contributed by atoms with Gasteiger partial charge in [-0.2, -0.15) is 10.4 Å². The number of carbonyl (C=O) groups is 1. The minimum atomic E-state index is -0.567. The lowest BCUT2D eigenvalue weighted by molar-refractivity contribution is 0.0994. The number of nitriles is 1. The third-order valence-corrected chi connectivity index (χ3v) is 2.55. The number of primary amides is 1. The largest absolute Gasteiger partial charge is 0.383 e. The summed E-state index contributed by atoms with van der Waals surface area (Å²) >= 11 is 0. The van der Waals surface area contributed by atoms with Crippen molar-refractivity contribution in [1.29, 1.82) is 5.26 Å². The summed E-state index contributed by atoms with van der Waals surface area (Å²) in [4.78, 5) is 11.1. The van der Waals surface area contributed by atoms with E-state index in [2.05, 4.69) is 11.2 Å². The number of carbonyl (C=O) groups excluding carboxylic acids is 1. The van der Waals surface area contributed by atoms with Crippen molar-refractivity contribution in [3.63, 3.8) is 0 Å². The minimum Gasteiger partial charge on any atom is -0.383 e. The van der Waals surface area contributed by atoms with Gasteiger partial charge in [0.25, 0.3) is 5.91 Å². The van der Waals surface area contributed by atoms with Gasteiger partial charge in [0.15, 0.2) is 0 Å². The molecule has 18 heavy (non-hydrogen) atoms. The maximum absolute atomic E-state index is 11.1. The molecule has 0 aliphatic heterocycles. The van der Waals surface area contributed by atoms with E-state index in [4.69, 9.17) is 15.7 Å². The Hall–Kier alpha value is -1.87. The number of nitrogens with two attached hydrogens (primary N) is 1. The number of aromatic nitrogens is 2. The van der Waals surface area contributed by atoms with E-state index in [1.807, 2.05) is 13.8 Å². The third kappa shape index (κ3) is 3.57. The van der Waals surface area contributed by atoms with Crippen LogP contribution in [0, 0.1) is 16.7 Å². The Labute approximate surface area is 106 Å². The van der Waals surface area contributed by atoms with Crippen LogP contribution in [0.4, 0.5) is 0 Å². The van der Waals surface area contributed by atoms with E-state index in [0.29, 0.717) is 19.6 Å². The molecule has 0 fully saturated rings. The van der Waals surface area contributed by atoms with Crippen molar-refractivity contribution in [1.82, 2.24) is 9.78 Å². The third-order valence-electron chi connectivity index (χ3n) is 2.55. The van der Waals surface area contributed by atoms with Crippen LogP contribution in [-0.4, -0.2) is 29.4 Å². The Morgan fingerprint density at radius 1 is 1.67 bits per heavy atom. The fourth-order valence-electron chi connectivity index (χ4n) is 1.58. The van der Waals surface area contributed by atoms with E-state index in [9.17, 15) is 4.79 Å². The summed E-state index contributed by atoms with van der Waals surface area (Å²) in [6.45, 7) is 4.69. The summed E-state index contributed by atoms with van der Waals surface area (Å²) in [6, 6.07) is 3.86. The zero-order valence-corrected chi connectivity index (χ0v) is 10.9. The van der Waals surface area contributed by atoms with Gasteiger partial charge in [0, 0.05) is 19.2 Å². The molecule has 1 aromatic rings. The standard InChI is InChI=1S/C12H18N4O2/c1-12(2,8-13)7-9-6-10(11(14)17)15-16(9)4-5-18-3/h6H,4-5,7H2,1-3H3,(H2,14,17). The Morgan fingerprint density at radius 2 is 2.33 bits per heavy atom. The number of ether oxygens (including phenoxy) is 1. The molecule has 0 spiro atoms. The molecule has 0 saturated heterocycles. The Balaban J connectivity index is 3.00. The van der Waals surface area contributed by atoms with Crippen molar-refractivity contribution in [2.45, 2.75) is 26.8 Å². The lowest BCUT2D eigenvalue weighted by Gasteiger charge is -2.15. The number of hydrogen-bond acceptors (Lipinski definition) is 4. The molecule has 0 radical (unpaired) electrons. The molecule has 0 unspecified atom stereocenters. The van der Waals surface area contributed by atoms with Crippen LogP contribution in [0.3, 0.4) is 0 Å². The number of hydrogen-bond donors (Lipinski definition) is 1. The molecule has 6 nitrogen and oxygen atoms in total. The number of nitrogens with zero attached hydrogens (tertiary/aromatic N) is 3. The van der Waals surface area contributed by atoms with E-state index < -0.39 is 11.3 Å². The lowest BCUT2D eigenvalue weighted by atomic mass is 9.89. The number of methoxy groups -OCH3 is 1. The van der Waals surface area contributed by atoms with Crippen LogP contribution < -0.4 is 5.73 Å². The normalized spacial score (nSPS) is 11.2. The summed E-state index contributed by atoms with van der Waals surface area (Å²) in [5, 5.41) is 13.2. The summed E-state index contributed by atoms with van der Waals surface area (Å²) in [5.41, 5.74) is 5.73. The molecule has 98 valence electrons. The fraction of sp³-hybridized carbons (Fsp3) is 0.583. The first-order valence-electron chi connectivity index (χ1n) is 5.66. The second-order valence-electron chi connectivity index (χ2n) is 4.77. The highest BCUT2D eigenvalue weighted by Crippen LogP contribution is 2.21. The van der Waals surface area contributed by atoms with Crippen LogP contribution in [0.2, 0.25) is 0 Å². The SMILES string of the molecule is COCCn1nc(C(N)=O)cc1CC(C)(C)C#N. The second kappa shape index (κ2) is 5.65. The van der Waals surface area contributed by atoms with Crippen molar-refractivity contribution in [2.24, 2.45) is 11.1 Å². The maximum Gasteiger partial charge on any atom is 0.269 e. The van der Waals surface area contributed by atoms with Crippen LogP contribution in [-0.2, 0) is 17.7 Å². The first kappa shape index (κ1) is 14.2. The predicted octanol–water partition coefficient (Wildman–Crippen LogP) is 0.721. The summed E-state index contributed by atoms with van der Waals surface area (Å²) in [5.74, 6) is -0.567. The van der Waals surface area contributed by atoms with Gasteiger partial charge in [-0.15, -0.1) is 0 Å². The molecule has 1 aromatic heterocycles. The van der Waals surface area contributed by atoms with Gasteiger partial charge in [0.05, 0.1) is 24.6 Å². The highest BCUT2D eigenvalue weighted by Gasteiger charge is 2.21. The van der Waals surface area contributed by atoms with Crippen molar-refractivity contribution in [3.05, 3.63) is 17.5 Å². The second-order valence-corrected chi connectivity index (χ2v) is 4.77. The molecular weight excluding hydrogens is 232 g/mol. The number of amides is 1. The first-order valence-corrected chi connectivity index (χ1v) is 5.66. The highest BCUT2D eigenvalue weighted by atomic mass is 16.5. The minimum absolute atomic E-state index is 0.217. The summed E-state index contributed by atoms with van der Waals surface area (Å²) < 4.78 is 6.65. The van der Waals surface area contributed by atoms with Crippen LogP contribution in [0.15, 0.2) is 6.07 Å². The van der Waals surface area contributed by atoms with Crippen LogP contribution in [0.1, 0.15) is 30.0 Å². The van der Waals surface area contributed by atoms with E-state index in [0.717, 1.165) is 5.69 Å². The molecule has 1 rings (SSSR count). The maximum atomic E-state index is 11.1. The van der Waals surface area contributed by atoms with Crippen molar-refractivity contribution < 1.29 is 9.53 Å². The van der Waals surface area contributed by atoms with Gasteiger partial charge < -0.3 is 10.5 Å². The Bertz CT molecular complexity index is 471. The Morgan fingerprint density at radius 3 is 2.83 bits per heavy atom. The zero-order valence-electron chi connectivity index (χ0n) is 10.9. The van der Waals surface area contributed by atoms with Gasteiger partial charge in [-0.25, -0.2) is 0 Å². The average molecular weight is 250 g/mol. The molecule has 2 N–H and O–H groups in total. The summed E-state index contributed by atoms with van der Waals surface area (Å²) in [7, 11) is 1.59. The molecule has 0 aromatic carbocycles. The molecule has 0 atom stereocenters. The van der Waals surface area contributed by atoms with Crippen LogP contribution in [0.25, 0.3) is 0 Å². The van der Waals surface area contributed by atoms with Crippen LogP contribution >= 0.6 is 0 Å². The average Bonchev–Trinajstić information content (AvgIpc) is 2.69. The van der Waals surface area contributed by atoms with Gasteiger partial charge in [0.1, 0.15) is 5.69 Å². The van der Waals surface area contributed by atoms with Gasteiger partial charge in [0.2, 0.25) is 0 Å². The summed E-state index contributed by atoms with van der Waals surface area (Å²) in [6.07, 6.45) is 0.507. The highest BCUT2D eigenvalue weighted by molar-refractivity contribution is 5.90. The molecule has 6 heteroatoms. The molecule has 0 aliphatic rings. The van der Waals surface area contributed by atoms with Gasteiger partial charge in [-0.3, -0.25) is 9.48 Å². The fourth-order valence-corrected chi connectivity index (χ4v) is 1.58. The van der Waals surface area contributed by atoms with E-state index in [1.165, 1.54) is 0 Å². The molecule has 1 heterocycles. The van der Waals surface area contributed by atoms with Crippen molar-refractivity contribution in [3.8, 4) is 6.07 Å². The molecule has 0 saturated carbocycles. The van der Waals surface area contributed by atoms with Gasteiger partial charge in [-0.1, -0.05) is 0 Å². The molecular formula is C12H18N4O2. The topological polar surface area (TPSA) is 93.9 Å². The van der Waals surface area contributed by atoms with Crippen molar-refractivity contribution in [2.75, 3.05) is 13.7 Å². The lowest BCUT2D eigenvalue weighted by Crippen LogP contribution is -2.17. The Kier molecular flexibility index (Phi) is 4.45. The zero-order chi connectivity index (χ0) is 13.8. The van der Waals surface area contributed by atoms with Gasteiger partial charge in [-0.05, 0) is 19.9 Å². The smallest absolute Gasteiger partial charge is 0.269 e. The molecule has 0 bridgehead atoms. The van der Waals surface area contributed by atoms with E-state index in [1.54, 1.807) is 17.9 Å². The quantitative estimate of drug-likeness (QED) is 0.804.